The highest BCUT2D eigenvalue weighted by Gasteiger charge is 2.09. The first-order chi connectivity index (χ1) is 11.7. The molecule has 8 nitrogen and oxygen atoms in total. The summed E-state index contributed by atoms with van der Waals surface area (Å²) < 4.78 is 3.64. The van der Waals surface area contributed by atoms with Crippen molar-refractivity contribution in [3.05, 3.63) is 77.0 Å². The van der Waals surface area contributed by atoms with Crippen molar-refractivity contribution in [2.45, 2.75) is 6.54 Å². The third kappa shape index (κ3) is 2.60. The zero-order valence-corrected chi connectivity index (χ0v) is 12.5. The molecule has 118 valence electrons. The molecule has 8 heteroatoms. The number of benzene rings is 1. The van der Waals surface area contributed by atoms with Gasteiger partial charge in [-0.25, -0.2) is 14.6 Å². The third-order valence-corrected chi connectivity index (χ3v) is 3.61. The van der Waals surface area contributed by atoms with Gasteiger partial charge in [0, 0.05) is 30.1 Å². The van der Waals surface area contributed by atoms with Crippen LogP contribution in [0.5, 0.6) is 0 Å². The lowest BCUT2D eigenvalue weighted by Gasteiger charge is -1.97. The third-order valence-electron chi connectivity index (χ3n) is 3.61. The highest BCUT2D eigenvalue weighted by Crippen LogP contribution is 2.19. The molecule has 0 aliphatic carbocycles. The van der Waals surface area contributed by atoms with Crippen LogP contribution < -0.4 is 0 Å². The summed E-state index contributed by atoms with van der Waals surface area (Å²) in [6, 6.07) is 12.0. The monoisotopic (exact) mass is 320 g/mol. The van der Waals surface area contributed by atoms with Crippen molar-refractivity contribution in [3.63, 3.8) is 0 Å². The number of nitrogens with zero attached hydrogens (tertiary/aromatic N) is 6. The minimum absolute atomic E-state index is 0.0443. The quantitative estimate of drug-likeness (QED) is 0.426. The minimum Gasteiger partial charge on any atom is -0.307 e. The summed E-state index contributed by atoms with van der Waals surface area (Å²) in [7, 11) is 0. The fourth-order valence-corrected chi connectivity index (χ4v) is 2.46. The summed E-state index contributed by atoms with van der Waals surface area (Å²) in [5.41, 5.74) is 2.53. The van der Waals surface area contributed by atoms with Crippen molar-refractivity contribution in [1.82, 2.24) is 24.1 Å². The maximum atomic E-state index is 10.7. The maximum absolute atomic E-state index is 10.7. The molecular weight excluding hydrogens is 308 g/mol. The van der Waals surface area contributed by atoms with Crippen molar-refractivity contribution in [2.24, 2.45) is 0 Å². The molecule has 0 saturated carbocycles. The van der Waals surface area contributed by atoms with Crippen LogP contribution in [0.1, 0.15) is 5.69 Å². The van der Waals surface area contributed by atoms with Crippen LogP contribution in [0.2, 0.25) is 0 Å². The van der Waals surface area contributed by atoms with E-state index in [9.17, 15) is 10.1 Å². The van der Waals surface area contributed by atoms with Crippen LogP contribution in [0, 0.1) is 10.1 Å². The van der Waals surface area contributed by atoms with E-state index >= 15 is 0 Å². The van der Waals surface area contributed by atoms with E-state index in [2.05, 4.69) is 15.1 Å². The number of pyridine rings is 1. The largest absolute Gasteiger partial charge is 0.307 e. The lowest BCUT2D eigenvalue weighted by Crippen LogP contribution is -2.00. The highest BCUT2D eigenvalue weighted by atomic mass is 16.6. The number of nitro benzene ring substituents is 1. The molecule has 0 amide bonds. The van der Waals surface area contributed by atoms with Crippen molar-refractivity contribution >= 4 is 11.3 Å². The average Bonchev–Trinajstić information content (AvgIpc) is 3.21. The smallest absolute Gasteiger partial charge is 0.269 e. The molecule has 0 atom stereocenters. The number of non-ortho nitro benzene ring substituents is 1. The Morgan fingerprint density at radius 3 is 2.71 bits per heavy atom. The van der Waals surface area contributed by atoms with E-state index in [4.69, 9.17) is 0 Å². The van der Waals surface area contributed by atoms with Crippen LogP contribution in [0.25, 0.3) is 17.0 Å². The predicted molar refractivity (Wildman–Crippen MR) is 86.4 cm³/mol. The van der Waals surface area contributed by atoms with E-state index in [1.54, 1.807) is 23.1 Å². The van der Waals surface area contributed by atoms with Gasteiger partial charge in [-0.1, -0.05) is 6.07 Å². The van der Waals surface area contributed by atoms with E-state index in [1.807, 2.05) is 35.0 Å². The molecule has 1 aromatic carbocycles. The SMILES string of the molecule is O=[N+]([O-])c1ccc(-c2ncn(Cc3cn4ccccc4n3)n2)cc1. The Morgan fingerprint density at radius 2 is 1.96 bits per heavy atom. The van der Waals surface area contributed by atoms with Gasteiger partial charge in [-0.2, -0.15) is 5.10 Å². The normalized spacial score (nSPS) is 11.0. The Hall–Kier alpha value is -3.55. The molecule has 0 saturated heterocycles. The number of imidazole rings is 1. The molecule has 0 fully saturated rings. The second kappa shape index (κ2) is 5.58. The van der Waals surface area contributed by atoms with Crippen LogP contribution in [0.3, 0.4) is 0 Å². The molecular formula is C16H12N6O2. The van der Waals surface area contributed by atoms with Gasteiger partial charge in [0.2, 0.25) is 0 Å². The summed E-state index contributed by atoms with van der Waals surface area (Å²) in [6.07, 6.45) is 5.51. The van der Waals surface area contributed by atoms with Crippen molar-refractivity contribution in [1.29, 1.82) is 0 Å². The van der Waals surface area contributed by atoms with E-state index in [0.29, 0.717) is 12.4 Å². The summed E-state index contributed by atoms with van der Waals surface area (Å²) in [5, 5.41) is 15.1. The molecule has 3 aromatic heterocycles. The summed E-state index contributed by atoms with van der Waals surface area (Å²) in [4.78, 5) is 19.0. The van der Waals surface area contributed by atoms with Crippen molar-refractivity contribution in [2.75, 3.05) is 0 Å². The lowest BCUT2D eigenvalue weighted by molar-refractivity contribution is -0.384. The van der Waals surface area contributed by atoms with Gasteiger partial charge in [0.05, 0.1) is 17.2 Å². The van der Waals surface area contributed by atoms with E-state index < -0.39 is 4.92 Å². The van der Waals surface area contributed by atoms with E-state index in [0.717, 1.165) is 16.9 Å². The van der Waals surface area contributed by atoms with Gasteiger partial charge in [-0.15, -0.1) is 0 Å². The topological polar surface area (TPSA) is 91.2 Å². The Morgan fingerprint density at radius 1 is 1.12 bits per heavy atom. The second-order valence-electron chi connectivity index (χ2n) is 5.27. The fraction of sp³-hybridized carbons (Fsp3) is 0.0625. The number of rotatable bonds is 4. The van der Waals surface area contributed by atoms with Crippen LogP contribution >= 0.6 is 0 Å². The minimum atomic E-state index is -0.431. The van der Waals surface area contributed by atoms with Crippen molar-refractivity contribution < 1.29 is 4.92 Å². The van der Waals surface area contributed by atoms with Gasteiger partial charge in [0.15, 0.2) is 5.82 Å². The molecule has 0 radical (unpaired) electrons. The second-order valence-corrected chi connectivity index (χ2v) is 5.27. The van der Waals surface area contributed by atoms with E-state index in [-0.39, 0.29) is 5.69 Å². The molecule has 24 heavy (non-hydrogen) atoms. The summed E-state index contributed by atoms with van der Waals surface area (Å²) >= 11 is 0. The molecule has 0 bridgehead atoms. The number of hydrogen-bond acceptors (Lipinski definition) is 5. The maximum Gasteiger partial charge on any atom is 0.269 e. The fourth-order valence-electron chi connectivity index (χ4n) is 2.46. The lowest BCUT2D eigenvalue weighted by atomic mass is 10.2. The Bertz CT molecular complexity index is 985. The standard InChI is InChI=1S/C16H12N6O2/c23-22(24)14-6-4-12(5-7-14)16-17-11-21(19-16)10-13-9-20-8-2-1-3-15(20)18-13/h1-9,11H,10H2. The van der Waals surface area contributed by atoms with E-state index in [1.165, 1.54) is 12.1 Å². The van der Waals surface area contributed by atoms with Crippen LogP contribution in [0.15, 0.2) is 61.2 Å². The van der Waals surface area contributed by atoms with Crippen LogP contribution in [-0.2, 0) is 6.54 Å². The predicted octanol–water partition coefficient (Wildman–Crippen LogP) is 2.55. The molecule has 0 aliphatic heterocycles. The zero-order chi connectivity index (χ0) is 16.5. The first-order valence-corrected chi connectivity index (χ1v) is 7.26. The average molecular weight is 320 g/mol. The van der Waals surface area contributed by atoms with Gasteiger partial charge < -0.3 is 4.40 Å². The van der Waals surface area contributed by atoms with Crippen LogP contribution in [-0.4, -0.2) is 29.1 Å². The molecule has 3 heterocycles. The molecule has 4 aromatic rings. The van der Waals surface area contributed by atoms with Crippen molar-refractivity contribution in [3.8, 4) is 11.4 Å². The van der Waals surface area contributed by atoms with Gasteiger partial charge in [0.25, 0.3) is 5.69 Å². The number of fused-ring (bicyclic) bond motifs is 1. The van der Waals surface area contributed by atoms with Gasteiger partial charge in [-0.05, 0) is 24.3 Å². The molecule has 0 aliphatic rings. The number of nitro groups is 1. The van der Waals surface area contributed by atoms with Gasteiger partial charge in [0.1, 0.15) is 12.0 Å². The number of hydrogen-bond donors (Lipinski definition) is 0. The summed E-state index contributed by atoms with van der Waals surface area (Å²) in [6.45, 7) is 0.502. The molecule has 0 N–H and O–H groups in total. The highest BCUT2D eigenvalue weighted by molar-refractivity contribution is 5.56. The Kier molecular flexibility index (Phi) is 3.27. The van der Waals surface area contributed by atoms with Gasteiger partial charge >= 0.3 is 0 Å². The molecule has 4 rings (SSSR count). The molecule has 0 spiro atoms. The molecule has 0 unspecified atom stereocenters. The Labute approximate surface area is 136 Å². The van der Waals surface area contributed by atoms with Gasteiger partial charge in [-0.3, -0.25) is 10.1 Å². The first kappa shape index (κ1) is 14.1. The zero-order valence-electron chi connectivity index (χ0n) is 12.5. The number of aromatic nitrogens is 5. The first-order valence-electron chi connectivity index (χ1n) is 7.26. The van der Waals surface area contributed by atoms with Crippen LogP contribution in [0.4, 0.5) is 5.69 Å². The summed E-state index contributed by atoms with van der Waals surface area (Å²) in [5.74, 6) is 0.522. The Balaban J connectivity index is 1.56.